The molecule has 0 bridgehead atoms. The van der Waals surface area contributed by atoms with E-state index in [9.17, 15) is 9.59 Å². The highest BCUT2D eigenvalue weighted by Gasteiger charge is 2.33. The second-order valence-corrected chi connectivity index (χ2v) is 8.35. The highest BCUT2D eigenvalue weighted by atomic mass is 32.2. The number of anilines is 2. The lowest BCUT2D eigenvalue weighted by molar-refractivity contribution is -0.116. The monoisotopic (exact) mass is 416 g/mol. The fraction of sp³-hybridized carbons (Fsp3) is 0.200. The standard InChI is InChI=1S/C25H24N2O2S/c1-2-18-8-14-22(15-9-18)27-24(29)17-30-25(27)20-10-12-21(13-11-20)26-23(28)16-19-6-4-3-5-7-19/h3-15,25H,2,16-17H2,1H3,(H,26,28). The van der Waals surface area contributed by atoms with Crippen LogP contribution in [-0.2, 0) is 22.4 Å². The van der Waals surface area contributed by atoms with Crippen LogP contribution in [-0.4, -0.2) is 17.6 Å². The smallest absolute Gasteiger partial charge is 0.238 e. The Bertz CT molecular complexity index is 1020. The zero-order valence-corrected chi connectivity index (χ0v) is 17.7. The van der Waals surface area contributed by atoms with E-state index >= 15 is 0 Å². The van der Waals surface area contributed by atoms with Crippen molar-refractivity contribution in [3.8, 4) is 0 Å². The van der Waals surface area contributed by atoms with Crippen LogP contribution >= 0.6 is 11.8 Å². The second kappa shape index (κ2) is 9.18. The van der Waals surface area contributed by atoms with Gasteiger partial charge in [-0.15, -0.1) is 11.8 Å². The minimum atomic E-state index is -0.0564. The molecular formula is C25H24N2O2S. The van der Waals surface area contributed by atoms with Crippen LogP contribution in [0.2, 0.25) is 0 Å². The molecule has 1 aliphatic rings. The average molecular weight is 417 g/mol. The van der Waals surface area contributed by atoms with Crippen molar-refractivity contribution in [2.45, 2.75) is 25.1 Å². The summed E-state index contributed by atoms with van der Waals surface area (Å²) >= 11 is 1.63. The molecule has 1 saturated heterocycles. The predicted molar refractivity (Wildman–Crippen MR) is 124 cm³/mol. The van der Waals surface area contributed by atoms with Crippen molar-refractivity contribution in [2.24, 2.45) is 0 Å². The van der Waals surface area contributed by atoms with Gasteiger partial charge in [-0.2, -0.15) is 0 Å². The molecule has 1 aliphatic heterocycles. The Morgan fingerprint density at radius 2 is 1.67 bits per heavy atom. The van der Waals surface area contributed by atoms with Gasteiger partial charge in [-0.05, 0) is 47.4 Å². The van der Waals surface area contributed by atoms with Crippen molar-refractivity contribution >= 4 is 35.0 Å². The minimum absolute atomic E-state index is 0.0444. The summed E-state index contributed by atoms with van der Waals surface area (Å²) in [6.45, 7) is 2.12. The first-order chi connectivity index (χ1) is 14.6. The van der Waals surface area contributed by atoms with E-state index < -0.39 is 0 Å². The lowest BCUT2D eigenvalue weighted by atomic mass is 10.1. The van der Waals surface area contributed by atoms with Gasteiger partial charge in [0, 0.05) is 11.4 Å². The maximum Gasteiger partial charge on any atom is 0.238 e. The summed E-state index contributed by atoms with van der Waals surface area (Å²) in [7, 11) is 0. The number of hydrogen-bond donors (Lipinski definition) is 1. The first-order valence-electron chi connectivity index (χ1n) is 10.1. The molecule has 5 heteroatoms. The average Bonchev–Trinajstić information content (AvgIpc) is 3.16. The number of nitrogens with one attached hydrogen (secondary N) is 1. The van der Waals surface area contributed by atoms with Crippen molar-refractivity contribution in [1.29, 1.82) is 0 Å². The quantitative estimate of drug-likeness (QED) is 0.600. The topological polar surface area (TPSA) is 49.4 Å². The van der Waals surface area contributed by atoms with Crippen LogP contribution in [0, 0.1) is 0 Å². The molecule has 0 spiro atoms. The number of thioether (sulfide) groups is 1. The van der Waals surface area contributed by atoms with Crippen LogP contribution in [0.4, 0.5) is 11.4 Å². The van der Waals surface area contributed by atoms with Crippen LogP contribution in [0.25, 0.3) is 0 Å². The maximum atomic E-state index is 12.5. The van der Waals surface area contributed by atoms with Crippen LogP contribution in [0.15, 0.2) is 78.9 Å². The zero-order chi connectivity index (χ0) is 20.9. The van der Waals surface area contributed by atoms with E-state index in [0.717, 1.165) is 28.9 Å². The number of carbonyl (C=O) groups excluding carboxylic acids is 2. The Morgan fingerprint density at radius 1 is 0.967 bits per heavy atom. The van der Waals surface area contributed by atoms with Gasteiger partial charge < -0.3 is 5.32 Å². The zero-order valence-electron chi connectivity index (χ0n) is 16.9. The molecule has 1 heterocycles. The van der Waals surface area contributed by atoms with Gasteiger partial charge in [0.1, 0.15) is 5.37 Å². The molecule has 3 aromatic carbocycles. The number of hydrogen-bond acceptors (Lipinski definition) is 3. The molecule has 152 valence electrons. The Kier molecular flexibility index (Phi) is 6.19. The Hall–Kier alpha value is -3.05. The van der Waals surface area contributed by atoms with Crippen LogP contribution < -0.4 is 10.2 Å². The molecule has 1 N–H and O–H groups in total. The van der Waals surface area contributed by atoms with E-state index in [1.807, 2.05) is 71.6 Å². The summed E-state index contributed by atoms with van der Waals surface area (Å²) in [5.74, 6) is 0.543. The minimum Gasteiger partial charge on any atom is -0.326 e. The summed E-state index contributed by atoms with van der Waals surface area (Å²) in [5, 5.41) is 2.89. The highest BCUT2D eigenvalue weighted by molar-refractivity contribution is 8.00. The molecule has 0 aromatic heterocycles. The van der Waals surface area contributed by atoms with Gasteiger partial charge >= 0.3 is 0 Å². The normalized spacial score (nSPS) is 16.0. The number of benzene rings is 3. The Labute approximate surface area is 181 Å². The number of aryl methyl sites for hydroxylation is 1. The van der Waals surface area contributed by atoms with Crippen molar-refractivity contribution in [3.63, 3.8) is 0 Å². The number of carbonyl (C=O) groups is 2. The van der Waals surface area contributed by atoms with Crippen LogP contribution in [0.5, 0.6) is 0 Å². The number of amides is 2. The third-order valence-electron chi connectivity index (χ3n) is 5.18. The van der Waals surface area contributed by atoms with Crippen molar-refractivity contribution in [1.82, 2.24) is 0 Å². The van der Waals surface area contributed by atoms with Crippen LogP contribution in [0.3, 0.4) is 0 Å². The van der Waals surface area contributed by atoms with Gasteiger partial charge in [0.25, 0.3) is 0 Å². The molecule has 1 atom stereocenters. The largest absolute Gasteiger partial charge is 0.326 e. The Balaban J connectivity index is 1.45. The maximum absolute atomic E-state index is 12.5. The summed E-state index contributed by atoms with van der Waals surface area (Å²) in [6.07, 6.45) is 1.32. The highest BCUT2D eigenvalue weighted by Crippen LogP contribution is 2.42. The third-order valence-corrected chi connectivity index (χ3v) is 6.39. The van der Waals surface area contributed by atoms with Gasteiger partial charge in [0.2, 0.25) is 11.8 Å². The van der Waals surface area contributed by atoms with Gasteiger partial charge in [0.05, 0.1) is 12.2 Å². The van der Waals surface area contributed by atoms with E-state index in [-0.39, 0.29) is 17.2 Å². The summed E-state index contributed by atoms with van der Waals surface area (Å²) in [5.41, 5.74) is 4.97. The molecule has 4 rings (SSSR count). The molecule has 0 radical (unpaired) electrons. The second-order valence-electron chi connectivity index (χ2n) is 7.28. The summed E-state index contributed by atoms with van der Waals surface area (Å²) in [4.78, 5) is 26.7. The van der Waals surface area contributed by atoms with E-state index in [4.69, 9.17) is 0 Å². The molecule has 1 fully saturated rings. The Morgan fingerprint density at radius 3 is 2.33 bits per heavy atom. The van der Waals surface area contributed by atoms with Crippen LogP contribution in [0.1, 0.15) is 29.0 Å². The first-order valence-corrected chi connectivity index (χ1v) is 11.2. The summed E-state index contributed by atoms with van der Waals surface area (Å²) in [6, 6.07) is 25.7. The van der Waals surface area contributed by atoms with Crippen molar-refractivity contribution in [3.05, 3.63) is 95.6 Å². The summed E-state index contributed by atoms with van der Waals surface area (Å²) < 4.78 is 0. The lowest BCUT2D eigenvalue weighted by Crippen LogP contribution is -2.27. The molecule has 4 nitrogen and oxygen atoms in total. The molecule has 0 saturated carbocycles. The first kappa shape index (κ1) is 20.2. The van der Waals surface area contributed by atoms with Gasteiger partial charge in [0.15, 0.2) is 0 Å². The molecular weight excluding hydrogens is 392 g/mol. The van der Waals surface area contributed by atoms with E-state index in [2.05, 4.69) is 24.4 Å². The van der Waals surface area contributed by atoms with Crippen molar-refractivity contribution < 1.29 is 9.59 Å². The fourth-order valence-corrected chi connectivity index (χ4v) is 4.74. The molecule has 1 unspecified atom stereocenters. The number of rotatable bonds is 6. The predicted octanol–water partition coefficient (Wildman–Crippen LogP) is 5.21. The van der Waals surface area contributed by atoms with Gasteiger partial charge in [-0.1, -0.05) is 61.5 Å². The van der Waals surface area contributed by atoms with Gasteiger partial charge in [-0.3, -0.25) is 14.5 Å². The van der Waals surface area contributed by atoms with Gasteiger partial charge in [-0.25, -0.2) is 0 Å². The SMILES string of the molecule is CCc1ccc(N2C(=O)CSC2c2ccc(NC(=O)Cc3ccccc3)cc2)cc1. The van der Waals surface area contributed by atoms with E-state index in [1.165, 1.54) is 5.56 Å². The van der Waals surface area contributed by atoms with E-state index in [0.29, 0.717) is 12.2 Å². The molecule has 0 aliphatic carbocycles. The molecule has 2 amide bonds. The molecule has 30 heavy (non-hydrogen) atoms. The third kappa shape index (κ3) is 4.57. The fourth-order valence-electron chi connectivity index (χ4n) is 3.56. The number of nitrogens with zero attached hydrogens (tertiary/aromatic N) is 1. The lowest BCUT2D eigenvalue weighted by Gasteiger charge is -2.24. The van der Waals surface area contributed by atoms with Crippen molar-refractivity contribution in [2.75, 3.05) is 16.0 Å². The van der Waals surface area contributed by atoms with E-state index in [1.54, 1.807) is 11.8 Å². The molecule has 3 aromatic rings.